The molecule has 0 saturated carbocycles. The number of hydrogen-bond donors (Lipinski definition) is 1. The summed E-state index contributed by atoms with van der Waals surface area (Å²) in [5.74, 6) is 0. The fourth-order valence-electron chi connectivity index (χ4n) is 1.74. The topological polar surface area (TPSA) is 45.8 Å². The van der Waals surface area contributed by atoms with Crippen molar-refractivity contribution in [3.05, 3.63) is 40.3 Å². The Balaban J connectivity index is 2.64. The van der Waals surface area contributed by atoms with Gasteiger partial charge in [0.1, 0.15) is 12.2 Å². The third-order valence-electron chi connectivity index (χ3n) is 2.40. The molecule has 0 spiro atoms. The van der Waals surface area contributed by atoms with Crippen LogP contribution in [0.1, 0.15) is 5.69 Å². The van der Waals surface area contributed by atoms with Crippen molar-refractivity contribution in [2.75, 3.05) is 21.1 Å². The smallest absolute Gasteiger partial charge is 0.272 e. The molecule has 0 radical (unpaired) electrons. The number of benzene rings is 1. The first-order chi connectivity index (χ1) is 7.47. The van der Waals surface area contributed by atoms with Crippen LogP contribution in [0.3, 0.4) is 0 Å². The molecule has 0 saturated heterocycles. The Labute approximate surface area is 94.1 Å². The Hall–Kier alpha value is -1.68. The number of H-pyrrole nitrogens is 1. The van der Waals surface area contributed by atoms with Crippen LogP contribution in [0.15, 0.2) is 29.1 Å². The second kappa shape index (κ2) is 3.72. The predicted octanol–water partition coefficient (Wildman–Crippen LogP) is 1.13. The molecule has 0 amide bonds. The van der Waals surface area contributed by atoms with Gasteiger partial charge in [-0.25, -0.2) is 5.10 Å². The SMILES string of the molecule is C[N+](C)(C)Cc1n[nH]c(=O)c2ccccc12. The van der Waals surface area contributed by atoms with Crippen LogP contribution in [0.2, 0.25) is 0 Å². The Morgan fingerprint density at radius 1 is 1.19 bits per heavy atom. The number of hydrogen-bond acceptors (Lipinski definition) is 2. The average molecular weight is 218 g/mol. The quantitative estimate of drug-likeness (QED) is 0.768. The van der Waals surface area contributed by atoms with Crippen LogP contribution in [-0.4, -0.2) is 35.8 Å². The first-order valence-electron chi connectivity index (χ1n) is 5.24. The highest BCUT2D eigenvalue weighted by atomic mass is 16.1. The molecule has 0 aliphatic rings. The molecule has 1 heterocycles. The van der Waals surface area contributed by atoms with Crippen molar-refractivity contribution in [2.24, 2.45) is 0 Å². The van der Waals surface area contributed by atoms with E-state index in [2.05, 4.69) is 31.3 Å². The molecule has 16 heavy (non-hydrogen) atoms. The molecular formula is C12H16N3O+. The summed E-state index contributed by atoms with van der Waals surface area (Å²) < 4.78 is 0.781. The minimum Gasteiger partial charge on any atom is -0.326 e. The first-order valence-corrected chi connectivity index (χ1v) is 5.24. The third-order valence-corrected chi connectivity index (χ3v) is 2.40. The van der Waals surface area contributed by atoms with E-state index in [0.29, 0.717) is 5.39 Å². The lowest BCUT2D eigenvalue weighted by Gasteiger charge is -2.23. The van der Waals surface area contributed by atoms with Gasteiger partial charge in [0.2, 0.25) is 0 Å². The largest absolute Gasteiger partial charge is 0.326 e. The van der Waals surface area contributed by atoms with Gasteiger partial charge in [0.15, 0.2) is 0 Å². The van der Waals surface area contributed by atoms with E-state index in [1.54, 1.807) is 0 Å². The summed E-state index contributed by atoms with van der Waals surface area (Å²) in [6.45, 7) is 0.789. The number of fused-ring (bicyclic) bond motifs is 1. The lowest BCUT2D eigenvalue weighted by atomic mass is 10.1. The molecule has 0 aliphatic heterocycles. The fourth-order valence-corrected chi connectivity index (χ4v) is 1.74. The summed E-state index contributed by atoms with van der Waals surface area (Å²) in [4.78, 5) is 11.6. The van der Waals surface area contributed by atoms with E-state index in [4.69, 9.17) is 0 Å². The highest BCUT2D eigenvalue weighted by Gasteiger charge is 2.13. The zero-order valence-corrected chi connectivity index (χ0v) is 9.82. The van der Waals surface area contributed by atoms with Crippen LogP contribution in [0.25, 0.3) is 10.8 Å². The number of nitrogens with one attached hydrogen (secondary N) is 1. The van der Waals surface area contributed by atoms with E-state index in [9.17, 15) is 4.79 Å². The summed E-state index contributed by atoms with van der Waals surface area (Å²) in [7, 11) is 6.30. The first kappa shape index (κ1) is 10.8. The normalized spacial score (nSPS) is 11.9. The third kappa shape index (κ3) is 2.12. The van der Waals surface area contributed by atoms with Crippen LogP contribution in [0.4, 0.5) is 0 Å². The van der Waals surface area contributed by atoms with Gasteiger partial charge in [0, 0.05) is 5.39 Å². The number of rotatable bonds is 2. The molecule has 0 unspecified atom stereocenters. The molecule has 84 valence electrons. The zero-order chi connectivity index (χ0) is 11.8. The van der Waals surface area contributed by atoms with E-state index in [0.717, 1.165) is 22.1 Å². The maximum absolute atomic E-state index is 11.6. The highest BCUT2D eigenvalue weighted by molar-refractivity contribution is 5.83. The van der Waals surface area contributed by atoms with E-state index >= 15 is 0 Å². The van der Waals surface area contributed by atoms with Crippen molar-refractivity contribution < 1.29 is 4.48 Å². The molecule has 4 nitrogen and oxygen atoms in total. The minimum absolute atomic E-state index is 0.124. The Morgan fingerprint density at radius 2 is 1.81 bits per heavy atom. The minimum atomic E-state index is -0.124. The Bertz CT molecular complexity index is 566. The van der Waals surface area contributed by atoms with Gasteiger partial charge in [0.25, 0.3) is 5.56 Å². The van der Waals surface area contributed by atoms with Gasteiger partial charge < -0.3 is 4.48 Å². The van der Waals surface area contributed by atoms with E-state index < -0.39 is 0 Å². The summed E-state index contributed by atoms with van der Waals surface area (Å²) in [5, 5.41) is 8.34. The second-order valence-electron chi connectivity index (χ2n) is 4.99. The number of quaternary nitrogens is 1. The van der Waals surface area contributed by atoms with Crippen molar-refractivity contribution in [2.45, 2.75) is 6.54 Å². The van der Waals surface area contributed by atoms with Crippen molar-refractivity contribution >= 4 is 10.8 Å². The lowest BCUT2D eigenvalue weighted by molar-refractivity contribution is -0.884. The maximum atomic E-state index is 11.6. The van der Waals surface area contributed by atoms with Gasteiger partial charge in [-0.05, 0) is 6.07 Å². The van der Waals surface area contributed by atoms with Gasteiger partial charge in [-0.1, -0.05) is 18.2 Å². The monoisotopic (exact) mass is 218 g/mol. The van der Waals surface area contributed by atoms with Crippen molar-refractivity contribution in [3.8, 4) is 0 Å². The summed E-state index contributed by atoms with van der Waals surface area (Å²) in [5.41, 5.74) is 0.809. The molecule has 0 aliphatic carbocycles. The molecule has 0 bridgehead atoms. The molecule has 1 aromatic carbocycles. The van der Waals surface area contributed by atoms with Crippen molar-refractivity contribution in [1.82, 2.24) is 10.2 Å². The van der Waals surface area contributed by atoms with Crippen LogP contribution in [-0.2, 0) is 6.54 Å². The number of nitrogens with zero attached hydrogens (tertiary/aromatic N) is 2. The molecule has 0 atom stereocenters. The summed E-state index contributed by atoms with van der Waals surface area (Å²) >= 11 is 0. The zero-order valence-electron chi connectivity index (χ0n) is 9.82. The standard InChI is InChI=1S/C12H15N3O/c1-15(2,3)8-11-9-6-4-5-7-10(9)12(16)14-13-11/h4-7H,8H2,1-3H3/p+1. The van der Waals surface area contributed by atoms with Gasteiger partial charge in [-0.2, -0.15) is 5.10 Å². The molecule has 2 aromatic rings. The number of aromatic amines is 1. The van der Waals surface area contributed by atoms with Gasteiger partial charge in [-0.15, -0.1) is 0 Å². The van der Waals surface area contributed by atoms with Crippen LogP contribution in [0, 0.1) is 0 Å². The molecule has 0 fully saturated rings. The maximum Gasteiger partial charge on any atom is 0.272 e. The van der Waals surface area contributed by atoms with Gasteiger partial charge in [-0.3, -0.25) is 4.79 Å². The summed E-state index contributed by atoms with van der Waals surface area (Å²) in [6.07, 6.45) is 0. The lowest BCUT2D eigenvalue weighted by Crippen LogP contribution is -2.34. The molecule has 1 aromatic heterocycles. The second-order valence-corrected chi connectivity index (χ2v) is 4.99. The predicted molar refractivity (Wildman–Crippen MR) is 64.1 cm³/mol. The van der Waals surface area contributed by atoms with Crippen LogP contribution in [0.5, 0.6) is 0 Å². The molecule has 4 heteroatoms. The van der Waals surface area contributed by atoms with Crippen LogP contribution >= 0.6 is 0 Å². The van der Waals surface area contributed by atoms with Gasteiger partial charge >= 0.3 is 0 Å². The highest BCUT2D eigenvalue weighted by Crippen LogP contribution is 2.14. The van der Waals surface area contributed by atoms with Crippen molar-refractivity contribution in [1.29, 1.82) is 0 Å². The Morgan fingerprint density at radius 3 is 2.44 bits per heavy atom. The van der Waals surface area contributed by atoms with Gasteiger partial charge in [0.05, 0.1) is 26.5 Å². The van der Waals surface area contributed by atoms with E-state index in [-0.39, 0.29) is 5.56 Å². The Kier molecular flexibility index (Phi) is 2.52. The molecule has 1 N–H and O–H groups in total. The summed E-state index contributed by atoms with van der Waals surface area (Å²) in [6, 6.07) is 7.58. The average Bonchev–Trinajstić information content (AvgIpc) is 2.21. The number of aromatic nitrogens is 2. The van der Waals surface area contributed by atoms with Crippen molar-refractivity contribution in [3.63, 3.8) is 0 Å². The molecule has 2 rings (SSSR count). The van der Waals surface area contributed by atoms with E-state index in [1.807, 2.05) is 24.3 Å². The van der Waals surface area contributed by atoms with E-state index in [1.165, 1.54) is 0 Å². The fraction of sp³-hybridized carbons (Fsp3) is 0.333. The van der Waals surface area contributed by atoms with Crippen LogP contribution < -0.4 is 5.56 Å². The molecular weight excluding hydrogens is 202 g/mol.